The van der Waals surface area contributed by atoms with Gasteiger partial charge in [-0.3, -0.25) is 0 Å². The summed E-state index contributed by atoms with van der Waals surface area (Å²) < 4.78 is 69.8. The highest BCUT2D eigenvalue weighted by Crippen LogP contribution is 2.47. The molecule has 2 aromatic rings. The lowest BCUT2D eigenvalue weighted by molar-refractivity contribution is -0.121. The molecule has 0 N–H and O–H groups in total. The van der Waals surface area contributed by atoms with Gasteiger partial charge in [0.25, 0.3) is 0 Å². The van der Waals surface area contributed by atoms with Crippen LogP contribution >= 0.6 is 0 Å². The van der Waals surface area contributed by atoms with E-state index in [9.17, 15) is 16.8 Å². The molecule has 0 amide bonds. The van der Waals surface area contributed by atoms with Gasteiger partial charge in [0, 0.05) is 6.26 Å². The number of allylic oxidation sites excluding steroid dienone is 1. The van der Waals surface area contributed by atoms with E-state index in [4.69, 9.17) is 14.2 Å². The van der Waals surface area contributed by atoms with Crippen LogP contribution in [0.3, 0.4) is 0 Å². The van der Waals surface area contributed by atoms with Crippen LogP contribution in [0.15, 0.2) is 70.2 Å². The molecule has 2 aliphatic heterocycles. The average molecular weight is 479 g/mol. The lowest BCUT2D eigenvalue weighted by Gasteiger charge is -2.23. The third-order valence-corrected chi connectivity index (χ3v) is 9.37. The van der Waals surface area contributed by atoms with Gasteiger partial charge >= 0.3 is 0 Å². The van der Waals surface area contributed by atoms with E-state index < -0.39 is 43.2 Å². The molecule has 1 saturated heterocycles. The highest BCUT2D eigenvalue weighted by Gasteiger charge is 2.59. The summed E-state index contributed by atoms with van der Waals surface area (Å²) in [6.07, 6.45) is -0.813. The van der Waals surface area contributed by atoms with E-state index in [0.717, 1.165) is 17.4 Å². The van der Waals surface area contributed by atoms with Crippen molar-refractivity contribution < 1.29 is 31.0 Å². The van der Waals surface area contributed by atoms with E-state index in [0.29, 0.717) is 0 Å². The Hall–Kier alpha value is -2.20. The summed E-state index contributed by atoms with van der Waals surface area (Å²) in [5, 5.41) is -1.16. The molecule has 9 heteroatoms. The molecule has 2 heterocycles. The quantitative estimate of drug-likeness (QED) is 0.604. The Morgan fingerprint density at radius 2 is 1.59 bits per heavy atom. The summed E-state index contributed by atoms with van der Waals surface area (Å²) in [4.78, 5) is 0.0940. The first-order valence-corrected chi connectivity index (χ1v) is 13.7. The number of aryl methyl sites for hydroxylation is 1. The number of hydrogen-bond acceptors (Lipinski definition) is 7. The third-order valence-electron chi connectivity index (χ3n) is 5.77. The molecule has 0 bridgehead atoms. The highest BCUT2D eigenvalue weighted by molar-refractivity contribution is 7.95. The zero-order valence-electron chi connectivity index (χ0n) is 18.1. The Labute approximate surface area is 188 Å². The molecule has 1 fully saturated rings. The molecule has 7 nitrogen and oxygen atoms in total. The molecule has 4 rings (SSSR count). The molecule has 172 valence electrons. The monoisotopic (exact) mass is 478 g/mol. The van der Waals surface area contributed by atoms with Crippen molar-refractivity contribution >= 4 is 19.7 Å². The number of fused-ring (bicyclic) bond motifs is 1. The van der Waals surface area contributed by atoms with Gasteiger partial charge in [0.2, 0.25) is 6.29 Å². The fourth-order valence-electron chi connectivity index (χ4n) is 4.35. The molecule has 2 aromatic carbocycles. The van der Waals surface area contributed by atoms with Crippen LogP contribution in [0.5, 0.6) is 0 Å². The minimum atomic E-state index is -3.95. The number of sulfone groups is 2. The SMILES string of the molecule is CC1=C(S(C)(=O)=O)[C@H]2[C@@H](O1)O[C@H](COCc1ccccc1)[C@@H]2S(=O)(=O)c1ccc(C)cc1. The summed E-state index contributed by atoms with van der Waals surface area (Å²) in [7, 11) is -7.66. The van der Waals surface area contributed by atoms with Crippen LogP contribution in [0, 0.1) is 12.8 Å². The lowest BCUT2D eigenvalue weighted by atomic mass is 10.0. The molecule has 0 aromatic heterocycles. The van der Waals surface area contributed by atoms with Gasteiger partial charge in [-0.15, -0.1) is 0 Å². The van der Waals surface area contributed by atoms with Crippen molar-refractivity contribution in [2.45, 2.75) is 43.0 Å². The second kappa shape index (κ2) is 8.62. The summed E-state index contributed by atoms with van der Waals surface area (Å²) >= 11 is 0. The molecule has 0 spiro atoms. The van der Waals surface area contributed by atoms with Crippen molar-refractivity contribution in [1.82, 2.24) is 0 Å². The molecular formula is C23H26O7S2. The van der Waals surface area contributed by atoms with E-state index >= 15 is 0 Å². The van der Waals surface area contributed by atoms with Gasteiger partial charge in [-0.25, -0.2) is 16.8 Å². The van der Waals surface area contributed by atoms with Crippen LogP contribution in [0.2, 0.25) is 0 Å². The first-order valence-electron chi connectivity index (χ1n) is 10.2. The topological polar surface area (TPSA) is 96.0 Å². The third kappa shape index (κ3) is 4.34. The number of ether oxygens (including phenoxy) is 3. The Balaban J connectivity index is 1.68. The van der Waals surface area contributed by atoms with E-state index in [1.54, 1.807) is 12.1 Å². The lowest BCUT2D eigenvalue weighted by Crippen LogP contribution is -2.39. The fourth-order valence-corrected chi connectivity index (χ4v) is 7.78. The summed E-state index contributed by atoms with van der Waals surface area (Å²) in [6, 6.07) is 16.0. The molecule has 0 aliphatic carbocycles. The minimum absolute atomic E-state index is 0.0168. The maximum absolute atomic E-state index is 13.7. The smallest absolute Gasteiger partial charge is 0.208 e. The van der Waals surface area contributed by atoms with Crippen LogP contribution in [0.25, 0.3) is 0 Å². The second-order valence-electron chi connectivity index (χ2n) is 8.20. The van der Waals surface area contributed by atoms with Gasteiger partial charge in [-0.05, 0) is 31.5 Å². The van der Waals surface area contributed by atoms with Crippen LogP contribution in [-0.4, -0.2) is 47.3 Å². The average Bonchev–Trinajstić information content (AvgIpc) is 3.22. The van der Waals surface area contributed by atoms with Crippen molar-refractivity contribution in [1.29, 1.82) is 0 Å². The summed E-state index contributed by atoms with van der Waals surface area (Å²) in [5.74, 6) is -0.781. The number of rotatable bonds is 7. The van der Waals surface area contributed by atoms with Crippen molar-refractivity contribution in [2.75, 3.05) is 12.9 Å². The van der Waals surface area contributed by atoms with Crippen LogP contribution in [-0.2, 0) is 40.5 Å². The minimum Gasteiger partial charge on any atom is -0.468 e. The molecule has 0 radical (unpaired) electrons. The van der Waals surface area contributed by atoms with Crippen molar-refractivity contribution in [3.8, 4) is 0 Å². The van der Waals surface area contributed by atoms with Gasteiger partial charge < -0.3 is 14.2 Å². The second-order valence-corrected chi connectivity index (χ2v) is 12.3. The Morgan fingerprint density at radius 1 is 0.938 bits per heavy atom. The zero-order chi connectivity index (χ0) is 23.1. The van der Waals surface area contributed by atoms with Crippen molar-refractivity contribution in [3.63, 3.8) is 0 Å². The Bertz CT molecular complexity index is 1220. The number of hydrogen-bond donors (Lipinski definition) is 0. The molecule has 0 saturated carbocycles. The van der Waals surface area contributed by atoms with Crippen LogP contribution < -0.4 is 0 Å². The fraction of sp³-hybridized carbons (Fsp3) is 0.391. The highest BCUT2D eigenvalue weighted by atomic mass is 32.2. The van der Waals surface area contributed by atoms with E-state index in [2.05, 4.69) is 0 Å². The van der Waals surface area contributed by atoms with Crippen molar-refractivity contribution in [2.24, 2.45) is 5.92 Å². The standard InChI is InChI=1S/C23H26O7S2/c1-15-9-11-18(12-10-15)32(26,27)22-19(14-28-13-17-7-5-4-6-8-17)30-23-20(22)21(16(2)29-23)31(3,24)25/h4-12,19-20,22-23H,13-14H2,1-3H3/t19-,20-,22+,23+/m1/s1. The summed E-state index contributed by atoms with van der Waals surface area (Å²) in [5.41, 5.74) is 1.86. The Kier molecular flexibility index (Phi) is 6.19. The largest absolute Gasteiger partial charge is 0.468 e. The van der Waals surface area contributed by atoms with Gasteiger partial charge in [0.1, 0.15) is 17.1 Å². The maximum atomic E-state index is 13.7. The van der Waals surface area contributed by atoms with Gasteiger partial charge in [0.15, 0.2) is 19.7 Å². The zero-order valence-corrected chi connectivity index (χ0v) is 19.7. The van der Waals surface area contributed by atoms with E-state index in [1.807, 2.05) is 37.3 Å². The predicted molar refractivity (Wildman–Crippen MR) is 119 cm³/mol. The summed E-state index contributed by atoms with van der Waals surface area (Å²) in [6.45, 7) is 3.65. The molecule has 4 atom stereocenters. The molecule has 0 unspecified atom stereocenters. The first-order chi connectivity index (χ1) is 15.1. The van der Waals surface area contributed by atoms with Crippen LogP contribution in [0.1, 0.15) is 18.1 Å². The van der Waals surface area contributed by atoms with Crippen LogP contribution in [0.4, 0.5) is 0 Å². The van der Waals surface area contributed by atoms with E-state index in [-0.39, 0.29) is 28.8 Å². The normalized spacial score (nSPS) is 25.6. The van der Waals surface area contributed by atoms with Gasteiger partial charge in [-0.2, -0.15) is 0 Å². The number of benzene rings is 2. The maximum Gasteiger partial charge on any atom is 0.208 e. The molecule has 2 aliphatic rings. The van der Waals surface area contributed by atoms with Crippen molar-refractivity contribution in [3.05, 3.63) is 76.4 Å². The van der Waals surface area contributed by atoms with Gasteiger partial charge in [-0.1, -0.05) is 48.0 Å². The Morgan fingerprint density at radius 3 is 2.22 bits per heavy atom. The molecular weight excluding hydrogens is 452 g/mol. The predicted octanol–water partition coefficient (Wildman–Crippen LogP) is 3.00. The first kappa shape index (κ1) is 23.0. The van der Waals surface area contributed by atoms with E-state index in [1.165, 1.54) is 19.1 Å². The van der Waals surface area contributed by atoms with Gasteiger partial charge in [0.05, 0.1) is 28.9 Å². The molecule has 32 heavy (non-hydrogen) atoms.